The average Bonchev–Trinajstić information content (AvgIpc) is 3.32. The van der Waals surface area contributed by atoms with Gasteiger partial charge in [-0.15, -0.1) is 11.3 Å². The molecule has 0 unspecified atom stereocenters. The highest BCUT2D eigenvalue weighted by Crippen LogP contribution is 2.29. The molecule has 0 aliphatic heterocycles. The van der Waals surface area contributed by atoms with Gasteiger partial charge in [-0.1, -0.05) is 12.1 Å². The third-order valence-corrected chi connectivity index (χ3v) is 4.99. The predicted molar refractivity (Wildman–Crippen MR) is 98.7 cm³/mol. The van der Waals surface area contributed by atoms with Crippen molar-refractivity contribution >= 4 is 17.2 Å². The summed E-state index contributed by atoms with van der Waals surface area (Å²) in [4.78, 5) is 16.3. The smallest absolute Gasteiger partial charge is 0.270 e. The Bertz CT molecular complexity index is 986. The van der Waals surface area contributed by atoms with Gasteiger partial charge in [0.1, 0.15) is 34.7 Å². The Kier molecular flexibility index (Phi) is 4.85. The van der Waals surface area contributed by atoms with Crippen LogP contribution in [-0.2, 0) is 6.61 Å². The van der Waals surface area contributed by atoms with Gasteiger partial charge in [-0.05, 0) is 42.7 Å². The van der Waals surface area contributed by atoms with Gasteiger partial charge >= 0.3 is 0 Å². The van der Waals surface area contributed by atoms with E-state index in [0.717, 1.165) is 12.8 Å². The summed E-state index contributed by atoms with van der Waals surface area (Å²) in [6, 6.07) is 10.8. The highest BCUT2D eigenvalue weighted by Gasteiger charge is 2.25. The normalized spacial score (nSPS) is 13.4. The predicted octanol–water partition coefficient (Wildman–Crippen LogP) is 4.56. The third-order valence-electron chi connectivity index (χ3n) is 4.11. The van der Waals surface area contributed by atoms with E-state index in [0.29, 0.717) is 27.6 Å². The molecule has 1 aromatic heterocycles. The molecule has 1 amide bonds. The fourth-order valence-electron chi connectivity index (χ4n) is 2.54. The summed E-state index contributed by atoms with van der Waals surface area (Å²) < 4.78 is 33.2. The Morgan fingerprint density at radius 2 is 2.07 bits per heavy atom. The molecule has 4 nitrogen and oxygen atoms in total. The van der Waals surface area contributed by atoms with Crippen LogP contribution in [0.4, 0.5) is 8.78 Å². The highest BCUT2D eigenvalue weighted by atomic mass is 32.1. The Balaban J connectivity index is 1.45. The van der Waals surface area contributed by atoms with Crippen LogP contribution in [0.2, 0.25) is 0 Å². The highest BCUT2D eigenvalue weighted by molar-refractivity contribution is 7.13. The van der Waals surface area contributed by atoms with E-state index in [4.69, 9.17) is 4.74 Å². The molecule has 0 atom stereocenters. The van der Waals surface area contributed by atoms with Crippen molar-refractivity contribution in [3.05, 3.63) is 70.7 Å². The second-order valence-electron chi connectivity index (χ2n) is 6.35. The molecule has 138 valence electrons. The van der Waals surface area contributed by atoms with E-state index in [1.165, 1.54) is 29.5 Å². The van der Waals surface area contributed by atoms with Crippen molar-refractivity contribution in [3.8, 4) is 16.3 Å². The summed E-state index contributed by atoms with van der Waals surface area (Å²) in [5.41, 5.74) is 1.27. The molecule has 0 saturated heterocycles. The SMILES string of the molecule is O=C(NC1CC1)c1csc(-c2ccc(OCc3cccc(F)c3)cc2F)n1. The molecule has 1 aliphatic carbocycles. The second-order valence-corrected chi connectivity index (χ2v) is 7.20. The summed E-state index contributed by atoms with van der Waals surface area (Å²) in [5.74, 6) is -0.725. The molecule has 7 heteroatoms. The van der Waals surface area contributed by atoms with Crippen LogP contribution in [0, 0.1) is 11.6 Å². The van der Waals surface area contributed by atoms with E-state index < -0.39 is 5.82 Å². The van der Waals surface area contributed by atoms with Gasteiger partial charge in [0.05, 0.1) is 0 Å². The minimum absolute atomic E-state index is 0.138. The zero-order chi connectivity index (χ0) is 18.8. The number of nitrogens with zero attached hydrogens (tertiary/aromatic N) is 1. The van der Waals surface area contributed by atoms with Crippen molar-refractivity contribution in [3.63, 3.8) is 0 Å². The van der Waals surface area contributed by atoms with Gasteiger partial charge in [-0.25, -0.2) is 13.8 Å². The molecule has 0 radical (unpaired) electrons. The van der Waals surface area contributed by atoms with Crippen molar-refractivity contribution in [1.82, 2.24) is 10.3 Å². The molecular formula is C20H16F2N2O2S. The Labute approximate surface area is 158 Å². The first-order chi connectivity index (χ1) is 13.1. The monoisotopic (exact) mass is 386 g/mol. The van der Waals surface area contributed by atoms with Crippen LogP contribution in [0.5, 0.6) is 5.75 Å². The zero-order valence-corrected chi connectivity index (χ0v) is 15.1. The van der Waals surface area contributed by atoms with Crippen LogP contribution in [0.1, 0.15) is 28.9 Å². The fraction of sp³-hybridized carbons (Fsp3) is 0.200. The van der Waals surface area contributed by atoms with E-state index in [-0.39, 0.29) is 24.4 Å². The molecule has 0 bridgehead atoms. The van der Waals surface area contributed by atoms with Gasteiger partial charge in [0.15, 0.2) is 0 Å². The third kappa shape index (κ3) is 4.31. The first-order valence-electron chi connectivity index (χ1n) is 8.52. The van der Waals surface area contributed by atoms with Crippen molar-refractivity contribution in [1.29, 1.82) is 0 Å². The lowest BCUT2D eigenvalue weighted by Crippen LogP contribution is -2.25. The Morgan fingerprint density at radius 1 is 1.22 bits per heavy atom. The van der Waals surface area contributed by atoms with E-state index in [2.05, 4.69) is 10.3 Å². The molecule has 1 fully saturated rings. The number of hydrogen-bond donors (Lipinski definition) is 1. The van der Waals surface area contributed by atoms with E-state index in [1.54, 1.807) is 29.6 Å². The first kappa shape index (κ1) is 17.6. The summed E-state index contributed by atoms with van der Waals surface area (Å²) in [6.45, 7) is 0.138. The number of amides is 1. The number of carbonyl (C=O) groups excluding carboxylic acids is 1. The molecule has 1 heterocycles. The van der Waals surface area contributed by atoms with Crippen LogP contribution in [0.3, 0.4) is 0 Å². The summed E-state index contributed by atoms with van der Waals surface area (Å²) in [6.07, 6.45) is 1.99. The van der Waals surface area contributed by atoms with Crippen molar-refractivity contribution in [2.45, 2.75) is 25.5 Å². The lowest BCUT2D eigenvalue weighted by Gasteiger charge is -2.08. The number of nitrogens with one attached hydrogen (secondary N) is 1. The Morgan fingerprint density at radius 3 is 2.81 bits per heavy atom. The topological polar surface area (TPSA) is 51.2 Å². The van der Waals surface area contributed by atoms with Gasteiger partial charge in [0.2, 0.25) is 0 Å². The van der Waals surface area contributed by atoms with Gasteiger partial charge in [0.25, 0.3) is 5.91 Å². The maximum absolute atomic E-state index is 14.5. The summed E-state index contributed by atoms with van der Waals surface area (Å²) in [7, 11) is 0. The lowest BCUT2D eigenvalue weighted by atomic mass is 10.2. The fourth-order valence-corrected chi connectivity index (χ4v) is 3.37. The minimum atomic E-state index is -0.491. The molecule has 1 aliphatic rings. The van der Waals surface area contributed by atoms with Crippen molar-refractivity contribution in [2.75, 3.05) is 0 Å². The van der Waals surface area contributed by atoms with Crippen LogP contribution in [0.15, 0.2) is 47.8 Å². The van der Waals surface area contributed by atoms with Gasteiger partial charge in [0, 0.05) is 23.1 Å². The summed E-state index contributed by atoms with van der Waals surface area (Å²) in [5, 5.41) is 4.92. The largest absolute Gasteiger partial charge is 0.489 e. The molecule has 3 aromatic rings. The molecule has 2 aromatic carbocycles. The van der Waals surface area contributed by atoms with Crippen LogP contribution in [-0.4, -0.2) is 16.9 Å². The minimum Gasteiger partial charge on any atom is -0.489 e. The van der Waals surface area contributed by atoms with Crippen LogP contribution < -0.4 is 10.1 Å². The average molecular weight is 386 g/mol. The quantitative estimate of drug-likeness (QED) is 0.676. The van der Waals surface area contributed by atoms with E-state index >= 15 is 0 Å². The molecular weight excluding hydrogens is 370 g/mol. The van der Waals surface area contributed by atoms with E-state index in [9.17, 15) is 13.6 Å². The van der Waals surface area contributed by atoms with Gasteiger partial charge in [-0.2, -0.15) is 0 Å². The number of thiazole rings is 1. The summed E-state index contributed by atoms with van der Waals surface area (Å²) >= 11 is 1.22. The van der Waals surface area contributed by atoms with Crippen molar-refractivity contribution < 1.29 is 18.3 Å². The van der Waals surface area contributed by atoms with Gasteiger partial charge in [-0.3, -0.25) is 4.79 Å². The second kappa shape index (κ2) is 7.44. The number of benzene rings is 2. The lowest BCUT2D eigenvalue weighted by molar-refractivity contribution is 0.0947. The number of halogens is 2. The van der Waals surface area contributed by atoms with E-state index in [1.807, 2.05) is 0 Å². The molecule has 0 spiro atoms. The Hall–Kier alpha value is -2.80. The number of aromatic nitrogens is 1. The molecule has 1 saturated carbocycles. The molecule has 4 rings (SSSR count). The number of rotatable bonds is 6. The maximum Gasteiger partial charge on any atom is 0.270 e. The number of hydrogen-bond acceptors (Lipinski definition) is 4. The molecule has 27 heavy (non-hydrogen) atoms. The standard InChI is InChI=1S/C20H16F2N2O2S/c21-13-3-1-2-12(8-13)10-26-15-6-7-16(17(22)9-15)20-24-18(11-27-20)19(25)23-14-4-5-14/h1-3,6-9,11,14H,4-5,10H2,(H,23,25). The molecule has 1 N–H and O–H groups in total. The van der Waals surface area contributed by atoms with Crippen LogP contribution in [0.25, 0.3) is 10.6 Å². The zero-order valence-electron chi connectivity index (χ0n) is 14.2. The maximum atomic E-state index is 14.5. The van der Waals surface area contributed by atoms with Gasteiger partial charge < -0.3 is 10.1 Å². The van der Waals surface area contributed by atoms with Crippen molar-refractivity contribution in [2.24, 2.45) is 0 Å². The number of ether oxygens (including phenoxy) is 1. The van der Waals surface area contributed by atoms with Crippen LogP contribution >= 0.6 is 11.3 Å². The number of carbonyl (C=O) groups is 1. The first-order valence-corrected chi connectivity index (χ1v) is 9.40.